The zero-order chi connectivity index (χ0) is 13.8. The topological polar surface area (TPSA) is 75.4 Å². The molecule has 3 N–H and O–H groups in total. The second-order valence-corrected chi connectivity index (χ2v) is 10.1. The van der Waals surface area contributed by atoms with E-state index in [4.69, 9.17) is 28.2 Å². The Kier molecular flexibility index (Phi) is 7.18. The van der Waals surface area contributed by atoms with E-state index in [-0.39, 0.29) is 11.9 Å². The monoisotopic (exact) mass is 351 g/mol. The minimum atomic E-state index is -3.20. The summed E-state index contributed by atoms with van der Waals surface area (Å²) in [6.45, 7) is 1.01. The van der Waals surface area contributed by atoms with Crippen LogP contribution in [0.2, 0.25) is 0 Å². The van der Waals surface area contributed by atoms with Gasteiger partial charge in [-0.3, -0.25) is 9.36 Å². The van der Waals surface area contributed by atoms with E-state index in [1.54, 1.807) is 4.67 Å². The average molecular weight is 352 g/mol. The van der Waals surface area contributed by atoms with Gasteiger partial charge in [-0.15, -0.1) is 11.7 Å². The van der Waals surface area contributed by atoms with Crippen molar-refractivity contribution >= 4 is 56.8 Å². The SMILES string of the molecule is NC(CSS)C(=O)NC1CCN(P(=O)(Cl)Cl)CC1. The van der Waals surface area contributed by atoms with Crippen LogP contribution in [-0.2, 0) is 9.36 Å². The van der Waals surface area contributed by atoms with E-state index in [9.17, 15) is 9.36 Å². The summed E-state index contributed by atoms with van der Waals surface area (Å²) in [7, 11) is 1.23. The smallest absolute Gasteiger partial charge is 0.322 e. The number of halogens is 2. The molecule has 0 aromatic heterocycles. The van der Waals surface area contributed by atoms with E-state index in [0.717, 1.165) is 0 Å². The molecule has 0 aliphatic carbocycles. The molecule has 5 nitrogen and oxygen atoms in total. The van der Waals surface area contributed by atoms with Crippen LogP contribution >= 0.6 is 50.9 Å². The van der Waals surface area contributed by atoms with Gasteiger partial charge < -0.3 is 11.1 Å². The van der Waals surface area contributed by atoms with Crippen molar-refractivity contribution in [1.82, 2.24) is 9.99 Å². The van der Waals surface area contributed by atoms with Crippen molar-refractivity contribution in [2.45, 2.75) is 24.9 Å². The maximum Gasteiger partial charge on any atom is 0.322 e. The number of nitrogens with one attached hydrogen (secondary N) is 1. The first kappa shape index (κ1) is 17.0. The lowest BCUT2D eigenvalue weighted by molar-refractivity contribution is -0.122. The Labute approximate surface area is 125 Å². The number of thiol groups is 1. The van der Waals surface area contributed by atoms with Crippen LogP contribution in [0.25, 0.3) is 0 Å². The van der Waals surface area contributed by atoms with Gasteiger partial charge in [0.2, 0.25) is 5.91 Å². The molecule has 106 valence electrons. The number of hydrogen-bond donors (Lipinski definition) is 3. The quantitative estimate of drug-likeness (QED) is 0.401. The summed E-state index contributed by atoms with van der Waals surface area (Å²) in [4.78, 5) is 11.7. The summed E-state index contributed by atoms with van der Waals surface area (Å²) in [5.74, 6) is -2.93. The van der Waals surface area contributed by atoms with Gasteiger partial charge in [0.1, 0.15) is 0 Å². The lowest BCUT2D eigenvalue weighted by atomic mass is 10.1. The number of carbonyl (C=O) groups is 1. The van der Waals surface area contributed by atoms with Gasteiger partial charge in [0.05, 0.1) is 6.04 Å². The van der Waals surface area contributed by atoms with Crippen molar-refractivity contribution in [3.63, 3.8) is 0 Å². The van der Waals surface area contributed by atoms with Crippen LogP contribution in [0, 0.1) is 0 Å². The van der Waals surface area contributed by atoms with E-state index in [1.165, 1.54) is 10.8 Å². The van der Waals surface area contributed by atoms with Gasteiger partial charge in [-0.1, -0.05) is 10.8 Å². The van der Waals surface area contributed by atoms with E-state index >= 15 is 0 Å². The molecule has 0 spiro atoms. The van der Waals surface area contributed by atoms with Crippen LogP contribution in [0.3, 0.4) is 0 Å². The number of nitrogens with two attached hydrogens (primary N) is 1. The van der Waals surface area contributed by atoms with Crippen LogP contribution in [0.1, 0.15) is 12.8 Å². The van der Waals surface area contributed by atoms with Crippen LogP contribution in [0.15, 0.2) is 0 Å². The molecule has 0 aromatic rings. The van der Waals surface area contributed by atoms with Crippen LogP contribution < -0.4 is 11.1 Å². The molecule has 1 amide bonds. The Morgan fingerprint density at radius 3 is 2.56 bits per heavy atom. The molecule has 1 fully saturated rings. The fourth-order valence-corrected chi connectivity index (χ4v) is 4.10. The predicted octanol–water partition coefficient (Wildman–Crippen LogP) is 2.06. The highest BCUT2D eigenvalue weighted by Crippen LogP contribution is 2.60. The molecule has 1 unspecified atom stereocenters. The molecule has 18 heavy (non-hydrogen) atoms. The first-order valence-electron chi connectivity index (χ1n) is 5.41. The molecule has 0 saturated carbocycles. The molecule has 1 heterocycles. The Balaban J connectivity index is 2.36. The summed E-state index contributed by atoms with van der Waals surface area (Å²) >= 11 is 15.1. The van der Waals surface area contributed by atoms with Gasteiger partial charge in [-0.25, -0.2) is 4.67 Å². The van der Waals surface area contributed by atoms with Gasteiger partial charge in [-0.05, 0) is 35.3 Å². The van der Waals surface area contributed by atoms with Crippen molar-refractivity contribution < 1.29 is 9.36 Å². The van der Waals surface area contributed by atoms with Gasteiger partial charge in [0.25, 0.3) is 0 Å². The minimum Gasteiger partial charge on any atom is -0.352 e. The zero-order valence-electron chi connectivity index (χ0n) is 9.59. The standard InChI is InChI=1S/C8H16Cl2N3O2PS2/c9-16(10,15)13-3-1-6(2-4-13)12-8(14)7(11)5-18-17/h6-7,17H,1-5,11H2,(H,12,14). The Hall–Kier alpha value is 0.900. The van der Waals surface area contributed by atoms with Crippen molar-refractivity contribution in [2.24, 2.45) is 5.73 Å². The molecule has 1 saturated heterocycles. The second-order valence-electron chi connectivity index (χ2n) is 4.07. The van der Waals surface area contributed by atoms with Crippen LogP contribution in [0.4, 0.5) is 0 Å². The number of carbonyl (C=O) groups excluding carboxylic acids is 1. The number of amides is 1. The third kappa shape index (κ3) is 5.49. The van der Waals surface area contributed by atoms with E-state index < -0.39 is 12.0 Å². The van der Waals surface area contributed by atoms with Crippen LogP contribution in [-0.4, -0.2) is 41.5 Å². The van der Waals surface area contributed by atoms with Crippen molar-refractivity contribution in [2.75, 3.05) is 18.8 Å². The maximum atomic E-state index is 11.7. The van der Waals surface area contributed by atoms with E-state index in [0.29, 0.717) is 31.7 Å². The molecule has 0 bridgehead atoms. The Bertz CT molecular complexity index is 336. The number of nitrogens with zero attached hydrogens (tertiary/aromatic N) is 1. The van der Waals surface area contributed by atoms with Gasteiger partial charge >= 0.3 is 6.00 Å². The third-order valence-corrected chi connectivity index (χ3v) is 6.03. The number of rotatable bonds is 5. The molecular weight excluding hydrogens is 336 g/mol. The average Bonchev–Trinajstić information content (AvgIpc) is 2.28. The largest absolute Gasteiger partial charge is 0.352 e. The van der Waals surface area contributed by atoms with Gasteiger partial charge in [-0.2, -0.15) is 0 Å². The summed E-state index contributed by atoms with van der Waals surface area (Å²) in [6.07, 6.45) is 1.33. The molecule has 1 aliphatic rings. The fourth-order valence-electron chi connectivity index (χ4n) is 1.71. The Morgan fingerprint density at radius 1 is 1.56 bits per heavy atom. The second kappa shape index (κ2) is 7.62. The third-order valence-electron chi connectivity index (χ3n) is 2.74. The zero-order valence-corrected chi connectivity index (χ0v) is 13.7. The van der Waals surface area contributed by atoms with Crippen molar-refractivity contribution in [1.29, 1.82) is 0 Å². The first-order valence-corrected chi connectivity index (χ1v) is 10.9. The molecule has 1 aliphatic heterocycles. The molecule has 0 radical (unpaired) electrons. The fraction of sp³-hybridized carbons (Fsp3) is 0.875. The highest BCUT2D eigenvalue weighted by atomic mass is 35.9. The van der Waals surface area contributed by atoms with E-state index in [1.807, 2.05) is 0 Å². The number of piperidine rings is 1. The van der Waals surface area contributed by atoms with Crippen LogP contribution in [0.5, 0.6) is 0 Å². The summed E-state index contributed by atoms with van der Waals surface area (Å²) in [6, 6.07) is -0.526. The molecular formula is C8H16Cl2N3O2PS2. The highest BCUT2D eigenvalue weighted by Gasteiger charge is 2.31. The maximum absolute atomic E-state index is 11.7. The lowest BCUT2D eigenvalue weighted by Crippen LogP contribution is -2.49. The highest BCUT2D eigenvalue weighted by molar-refractivity contribution is 8.68. The molecule has 0 aromatic carbocycles. The van der Waals surface area contributed by atoms with Gasteiger partial charge in [0, 0.05) is 24.9 Å². The van der Waals surface area contributed by atoms with Crippen molar-refractivity contribution in [3.05, 3.63) is 0 Å². The lowest BCUT2D eigenvalue weighted by Gasteiger charge is -2.32. The number of hydrogen-bond acceptors (Lipinski definition) is 5. The minimum absolute atomic E-state index is 0.0320. The molecule has 1 rings (SSSR count). The normalized spacial score (nSPS) is 20.7. The predicted molar refractivity (Wildman–Crippen MR) is 81.5 cm³/mol. The Morgan fingerprint density at radius 2 is 2.11 bits per heavy atom. The summed E-state index contributed by atoms with van der Waals surface area (Å²) in [5, 5.41) is 2.86. The molecule has 1 atom stereocenters. The summed E-state index contributed by atoms with van der Waals surface area (Å²) < 4.78 is 13.0. The first-order chi connectivity index (χ1) is 8.34. The summed E-state index contributed by atoms with van der Waals surface area (Å²) in [5.41, 5.74) is 5.66. The van der Waals surface area contributed by atoms with Gasteiger partial charge in [0.15, 0.2) is 0 Å². The molecule has 10 heteroatoms. The van der Waals surface area contributed by atoms with Crippen molar-refractivity contribution in [3.8, 4) is 0 Å². The van der Waals surface area contributed by atoms with E-state index in [2.05, 4.69) is 17.0 Å².